The van der Waals surface area contributed by atoms with Crippen LogP contribution in [0.5, 0.6) is 0 Å². The van der Waals surface area contributed by atoms with Gasteiger partial charge in [-0.1, -0.05) is 35.5 Å². The van der Waals surface area contributed by atoms with Crippen molar-refractivity contribution >= 4 is 5.91 Å². The Bertz CT molecular complexity index is 627. The van der Waals surface area contributed by atoms with E-state index >= 15 is 0 Å². The number of benzene rings is 1. The summed E-state index contributed by atoms with van der Waals surface area (Å²) >= 11 is 0. The van der Waals surface area contributed by atoms with Gasteiger partial charge in [-0.05, 0) is 17.9 Å². The Balaban J connectivity index is 1.57. The fourth-order valence-electron chi connectivity index (χ4n) is 2.80. The third-order valence-electron chi connectivity index (χ3n) is 3.77. The lowest BCUT2D eigenvalue weighted by atomic mass is 9.99. The number of hydrogen-bond acceptors (Lipinski definition) is 5. The molecule has 2 aromatic rings. The predicted octanol–water partition coefficient (Wildman–Crippen LogP) is 1.81. The molecule has 1 aliphatic heterocycles. The van der Waals surface area contributed by atoms with E-state index in [0.29, 0.717) is 37.2 Å². The molecule has 1 saturated heterocycles. The molecule has 6 nitrogen and oxygen atoms in total. The van der Waals surface area contributed by atoms with Gasteiger partial charge in [-0.3, -0.25) is 4.79 Å². The van der Waals surface area contributed by atoms with Gasteiger partial charge in [-0.25, -0.2) is 0 Å². The van der Waals surface area contributed by atoms with Crippen LogP contribution in [0.25, 0.3) is 0 Å². The summed E-state index contributed by atoms with van der Waals surface area (Å²) in [4.78, 5) is 18.1. The van der Waals surface area contributed by atoms with Crippen LogP contribution >= 0.6 is 0 Å². The Labute approximate surface area is 129 Å². The molecule has 116 valence electrons. The van der Waals surface area contributed by atoms with Gasteiger partial charge in [0.2, 0.25) is 11.8 Å². The first kappa shape index (κ1) is 14.7. The van der Waals surface area contributed by atoms with Crippen molar-refractivity contribution in [1.29, 1.82) is 0 Å². The molecule has 0 bridgehead atoms. The van der Waals surface area contributed by atoms with Crippen LogP contribution in [0.15, 0.2) is 34.9 Å². The van der Waals surface area contributed by atoms with Crippen molar-refractivity contribution < 1.29 is 14.1 Å². The highest BCUT2D eigenvalue weighted by Crippen LogP contribution is 2.23. The third-order valence-corrected chi connectivity index (χ3v) is 3.77. The highest BCUT2D eigenvalue weighted by atomic mass is 16.5. The second kappa shape index (κ2) is 6.70. The first-order valence-corrected chi connectivity index (χ1v) is 7.36. The van der Waals surface area contributed by atoms with Gasteiger partial charge in [0.25, 0.3) is 0 Å². The van der Waals surface area contributed by atoms with Crippen LogP contribution in [0, 0.1) is 5.92 Å². The summed E-state index contributed by atoms with van der Waals surface area (Å²) in [7, 11) is 1.58. The number of nitrogens with zero attached hydrogens (tertiary/aromatic N) is 3. The summed E-state index contributed by atoms with van der Waals surface area (Å²) in [6, 6.07) is 10.3. The van der Waals surface area contributed by atoms with E-state index in [1.807, 2.05) is 18.2 Å². The molecule has 1 amide bonds. The first-order valence-electron chi connectivity index (χ1n) is 7.36. The Kier molecular flexibility index (Phi) is 4.48. The fourth-order valence-corrected chi connectivity index (χ4v) is 2.80. The molecule has 1 aromatic heterocycles. The lowest BCUT2D eigenvalue weighted by Crippen LogP contribution is -2.25. The molecule has 0 aliphatic carbocycles. The maximum absolute atomic E-state index is 12.1. The van der Waals surface area contributed by atoms with Crippen molar-refractivity contribution in [3.8, 4) is 0 Å². The van der Waals surface area contributed by atoms with E-state index in [1.54, 1.807) is 12.0 Å². The molecule has 2 heterocycles. The van der Waals surface area contributed by atoms with E-state index in [1.165, 1.54) is 5.56 Å². The molecule has 1 atom stereocenters. The molecule has 0 saturated carbocycles. The molecule has 6 heteroatoms. The van der Waals surface area contributed by atoms with Crippen LogP contribution in [-0.2, 0) is 29.1 Å². The van der Waals surface area contributed by atoms with E-state index in [0.717, 1.165) is 13.0 Å². The molecule has 1 aliphatic rings. The lowest BCUT2D eigenvalue weighted by molar-refractivity contribution is -0.128. The van der Waals surface area contributed by atoms with Crippen LogP contribution in [0.4, 0.5) is 0 Å². The summed E-state index contributed by atoms with van der Waals surface area (Å²) in [5.74, 6) is 1.45. The number of carbonyl (C=O) groups excluding carboxylic acids is 1. The van der Waals surface area contributed by atoms with Crippen molar-refractivity contribution in [2.24, 2.45) is 5.92 Å². The molecule has 0 radical (unpaired) electrons. The monoisotopic (exact) mass is 301 g/mol. The van der Waals surface area contributed by atoms with Crippen molar-refractivity contribution in [2.75, 3.05) is 13.7 Å². The zero-order chi connectivity index (χ0) is 15.4. The SMILES string of the molecule is COCc1noc(CN2C[C@H](Cc3ccccc3)CC2=O)n1. The van der Waals surface area contributed by atoms with E-state index in [2.05, 4.69) is 22.3 Å². The Hall–Kier alpha value is -2.21. The largest absolute Gasteiger partial charge is 0.377 e. The van der Waals surface area contributed by atoms with Crippen LogP contribution in [-0.4, -0.2) is 34.6 Å². The van der Waals surface area contributed by atoms with E-state index in [-0.39, 0.29) is 5.91 Å². The van der Waals surface area contributed by atoms with Gasteiger partial charge >= 0.3 is 0 Å². The summed E-state index contributed by atoms with van der Waals surface area (Å²) in [6.07, 6.45) is 1.50. The number of likely N-dealkylation sites (tertiary alicyclic amines) is 1. The van der Waals surface area contributed by atoms with Gasteiger partial charge < -0.3 is 14.2 Å². The number of aromatic nitrogens is 2. The van der Waals surface area contributed by atoms with Gasteiger partial charge in [0.15, 0.2) is 5.82 Å². The van der Waals surface area contributed by atoms with Crippen molar-refractivity contribution in [1.82, 2.24) is 15.0 Å². The van der Waals surface area contributed by atoms with Crippen LogP contribution < -0.4 is 0 Å². The molecular weight excluding hydrogens is 282 g/mol. The average Bonchev–Trinajstić information content (AvgIpc) is 3.08. The maximum atomic E-state index is 12.1. The van der Waals surface area contributed by atoms with Crippen LogP contribution in [0.3, 0.4) is 0 Å². The Morgan fingerprint density at radius 1 is 1.36 bits per heavy atom. The molecule has 0 N–H and O–H groups in total. The van der Waals surface area contributed by atoms with Gasteiger partial charge in [0.1, 0.15) is 6.61 Å². The number of rotatable bonds is 6. The fraction of sp³-hybridized carbons (Fsp3) is 0.438. The van der Waals surface area contributed by atoms with Gasteiger partial charge in [-0.15, -0.1) is 0 Å². The number of methoxy groups -OCH3 is 1. The summed E-state index contributed by atoms with van der Waals surface area (Å²) in [6.45, 7) is 1.42. The standard InChI is InChI=1S/C16H19N3O3/c1-21-11-14-17-15(22-18-14)10-19-9-13(8-16(19)20)7-12-5-3-2-4-6-12/h2-6,13H,7-11H2,1H3/t13-/m1/s1. The van der Waals surface area contributed by atoms with E-state index < -0.39 is 0 Å². The molecule has 1 fully saturated rings. The number of carbonyl (C=O) groups is 1. The number of ether oxygens (including phenoxy) is 1. The lowest BCUT2D eigenvalue weighted by Gasteiger charge is -2.14. The number of hydrogen-bond donors (Lipinski definition) is 0. The van der Waals surface area contributed by atoms with Gasteiger partial charge in [0, 0.05) is 20.1 Å². The van der Waals surface area contributed by atoms with Crippen molar-refractivity contribution in [2.45, 2.75) is 26.0 Å². The smallest absolute Gasteiger partial charge is 0.246 e. The van der Waals surface area contributed by atoms with Crippen molar-refractivity contribution in [3.63, 3.8) is 0 Å². The summed E-state index contributed by atoms with van der Waals surface area (Å²) in [5.41, 5.74) is 1.27. The summed E-state index contributed by atoms with van der Waals surface area (Å²) < 4.78 is 10.1. The zero-order valence-electron chi connectivity index (χ0n) is 12.6. The molecular formula is C16H19N3O3. The molecule has 3 rings (SSSR count). The topological polar surface area (TPSA) is 68.5 Å². The average molecular weight is 301 g/mol. The normalized spacial score (nSPS) is 18.1. The number of amides is 1. The predicted molar refractivity (Wildman–Crippen MR) is 78.7 cm³/mol. The van der Waals surface area contributed by atoms with Crippen LogP contribution in [0.2, 0.25) is 0 Å². The van der Waals surface area contributed by atoms with Gasteiger partial charge in [-0.2, -0.15) is 4.98 Å². The second-order valence-corrected chi connectivity index (χ2v) is 5.57. The first-order chi connectivity index (χ1) is 10.7. The molecule has 1 aromatic carbocycles. The molecule has 22 heavy (non-hydrogen) atoms. The quantitative estimate of drug-likeness (QED) is 0.814. The Morgan fingerprint density at radius 2 is 2.18 bits per heavy atom. The minimum Gasteiger partial charge on any atom is -0.377 e. The molecule has 0 spiro atoms. The minimum absolute atomic E-state index is 0.146. The summed E-state index contributed by atoms with van der Waals surface area (Å²) in [5, 5.41) is 3.81. The third kappa shape index (κ3) is 3.51. The zero-order valence-corrected chi connectivity index (χ0v) is 12.6. The van der Waals surface area contributed by atoms with E-state index in [4.69, 9.17) is 9.26 Å². The van der Waals surface area contributed by atoms with Crippen LogP contribution in [0.1, 0.15) is 23.7 Å². The van der Waals surface area contributed by atoms with E-state index in [9.17, 15) is 4.79 Å². The van der Waals surface area contributed by atoms with Crippen molar-refractivity contribution in [3.05, 3.63) is 47.6 Å². The second-order valence-electron chi connectivity index (χ2n) is 5.57. The highest BCUT2D eigenvalue weighted by molar-refractivity contribution is 5.78. The highest BCUT2D eigenvalue weighted by Gasteiger charge is 2.30. The Morgan fingerprint density at radius 3 is 2.95 bits per heavy atom. The van der Waals surface area contributed by atoms with Gasteiger partial charge in [0.05, 0.1) is 6.54 Å². The minimum atomic E-state index is 0.146. The molecule has 0 unspecified atom stereocenters. The maximum Gasteiger partial charge on any atom is 0.246 e.